The maximum atomic E-state index is 12.6. The predicted octanol–water partition coefficient (Wildman–Crippen LogP) is 2.51. The van der Waals surface area contributed by atoms with Crippen molar-refractivity contribution in [3.63, 3.8) is 0 Å². The van der Waals surface area contributed by atoms with Crippen LogP contribution in [-0.4, -0.2) is 65.9 Å². The van der Waals surface area contributed by atoms with Gasteiger partial charge >= 0.3 is 0 Å². The number of hydrogen-bond donors (Lipinski definition) is 0. The van der Waals surface area contributed by atoms with Crippen LogP contribution in [0.4, 0.5) is 5.69 Å². The van der Waals surface area contributed by atoms with Crippen LogP contribution in [0.1, 0.15) is 40.8 Å². The lowest BCUT2D eigenvalue weighted by atomic mass is 9.99. The Bertz CT molecular complexity index is 803. The van der Waals surface area contributed by atoms with E-state index in [9.17, 15) is 9.59 Å². The molecule has 148 valence electrons. The Morgan fingerprint density at radius 2 is 1.68 bits per heavy atom. The third kappa shape index (κ3) is 3.88. The summed E-state index contributed by atoms with van der Waals surface area (Å²) in [5, 5.41) is 0. The topological polar surface area (TPSA) is 69.9 Å². The molecule has 0 aliphatic carbocycles. The minimum absolute atomic E-state index is 0.0207. The molecule has 0 bridgehead atoms. The summed E-state index contributed by atoms with van der Waals surface area (Å²) in [6.45, 7) is 6.58. The molecule has 2 aromatic heterocycles. The second kappa shape index (κ2) is 8.04. The van der Waals surface area contributed by atoms with Crippen molar-refractivity contribution in [1.29, 1.82) is 0 Å². The molecule has 0 saturated carbocycles. The molecule has 0 spiro atoms. The first-order valence-corrected chi connectivity index (χ1v) is 9.95. The van der Waals surface area contributed by atoms with Gasteiger partial charge in [0.15, 0.2) is 5.76 Å². The minimum atomic E-state index is -0.0698. The summed E-state index contributed by atoms with van der Waals surface area (Å²) in [6.07, 6.45) is 5.40. The van der Waals surface area contributed by atoms with Crippen molar-refractivity contribution in [3.05, 3.63) is 48.2 Å². The fourth-order valence-corrected chi connectivity index (χ4v) is 3.80. The largest absolute Gasteiger partial charge is 0.459 e. The van der Waals surface area contributed by atoms with Crippen LogP contribution < -0.4 is 4.90 Å². The fourth-order valence-electron chi connectivity index (χ4n) is 3.80. The van der Waals surface area contributed by atoms with E-state index in [0.29, 0.717) is 30.5 Å². The molecule has 2 amide bonds. The monoisotopic (exact) mass is 382 g/mol. The molecule has 4 heterocycles. The summed E-state index contributed by atoms with van der Waals surface area (Å²) in [6, 6.07) is 7.19. The number of amides is 2. The zero-order valence-corrected chi connectivity index (χ0v) is 16.2. The van der Waals surface area contributed by atoms with E-state index in [-0.39, 0.29) is 11.8 Å². The first kappa shape index (κ1) is 18.5. The highest BCUT2D eigenvalue weighted by atomic mass is 16.3. The van der Waals surface area contributed by atoms with Crippen molar-refractivity contribution in [3.8, 4) is 0 Å². The number of furan rings is 1. The summed E-state index contributed by atoms with van der Waals surface area (Å²) in [7, 11) is 0. The quantitative estimate of drug-likeness (QED) is 0.816. The van der Waals surface area contributed by atoms with Crippen LogP contribution in [0.2, 0.25) is 0 Å². The number of piperidine rings is 1. The average molecular weight is 382 g/mol. The fraction of sp³-hybridized carbons (Fsp3) is 0.476. The summed E-state index contributed by atoms with van der Waals surface area (Å²) < 4.78 is 5.20. The number of carbonyl (C=O) groups excluding carboxylic acids is 2. The Balaban J connectivity index is 1.33. The van der Waals surface area contributed by atoms with E-state index in [1.165, 1.54) is 6.26 Å². The molecule has 7 heteroatoms. The smallest absolute Gasteiger partial charge is 0.289 e. The number of nitrogens with zero attached hydrogens (tertiary/aromatic N) is 4. The van der Waals surface area contributed by atoms with Gasteiger partial charge in [-0.2, -0.15) is 0 Å². The highest BCUT2D eigenvalue weighted by molar-refractivity contribution is 5.93. The molecule has 2 saturated heterocycles. The van der Waals surface area contributed by atoms with Crippen LogP contribution in [0.15, 0.2) is 41.1 Å². The standard InChI is InChI=1S/C21H26N4O3/c1-16-6-8-24(9-7-16)20(26)18-5-4-17(15-22-18)23-10-12-25(13-11-23)21(27)19-3-2-14-28-19/h2-5,14-16H,6-13H2,1H3. The Kier molecular flexibility index (Phi) is 5.32. The van der Waals surface area contributed by atoms with E-state index in [1.54, 1.807) is 23.2 Å². The number of hydrogen-bond acceptors (Lipinski definition) is 5. The van der Waals surface area contributed by atoms with Crippen molar-refractivity contribution in [2.75, 3.05) is 44.2 Å². The van der Waals surface area contributed by atoms with Crippen molar-refractivity contribution in [2.45, 2.75) is 19.8 Å². The van der Waals surface area contributed by atoms with Crippen molar-refractivity contribution < 1.29 is 14.0 Å². The lowest BCUT2D eigenvalue weighted by Gasteiger charge is -2.35. The number of aromatic nitrogens is 1. The van der Waals surface area contributed by atoms with Crippen molar-refractivity contribution in [2.24, 2.45) is 5.92 Å². The van der Waals surface area contributed by atoms with Gasteiger partial charge in [0, 0.05) is 39.3 Å². The number of likely N-dealkylation sites (tertiary alicyclic amines) is 1. The molecule has 2 aromatic rings. The summed E-state index contributed by atoms with van der Waals surface area (Å²) >= 11 is 0. The van der Waals surface area contributed by atoms with E-state index >= 15 is 0 Å². The molecule has 7 nitrogen and oxygen atoms in total. The van der Waals surface area contributed by atoms with Crippen LogP contribution in [0.5, 0.6) is 0 Å². The van der Waals surface area contributed by atoms with Gasteiger partial charge in [0.1, 0.15) is 5.69 Å². The van der Waals surface area contributed by atoms with Crippen LogP contribution in [0.25, 0.3) is 0 Å². The molecular formula is C21H26N4O3. The lowest BCUT2D eigenvalue weighted by molar-refractivity contribution is 0.0688. The zero-order valence-electron chi connectivity index (χ0n) is 16.2. The van der Waals surface area contributed by atoms with Crippen molar-refractivity contribution in [1.82, 2.24) is 14.8 Å². The molecule has 0 aromatic carbocycles. The van der Waals surface area contributed by atoms with E-state index in [1.807, 2.05) is 17.0 Å². The number of carbonyl (C=O) groups is 2. The normalized spacial score (nSPS) is 18.4. The van der Waals surface area contributed by atoms with E-state index in [2.05, 4.69) is 16.8 Å². The molecule has 2 fully saturated rings. The van der Waals surface area contributed by atoms with Gasteiger partial charge in [-0.25, -0.2) is 4.98 Å². The molecular weight excluding hydrogens is 356 g/mol. The van der Waals surface area contributed by atoms with Gasteiger partial charge in [0.05, 0.1) is 18.1 Å². The van der Waals surface area contributed by atoms with Gasteiger partial charge in [-0.05, 0) is 43.0 Å². The number of pyridine rings is 1. The zero-order chi connectivity index (χ0) is 19.5. The Labute approximate surface area is 164 Å². The SMILES string of the molecule is CC1CCN(C(=O)c2ccc(N3CCN(C(=O)c4ccco4)CC3)cn2)CC1. The molecule has 0 atom stereocenters. The highest BCUT2D eigenvalue weighted by Gasteiger charge is 2.25. The first-order valence-electron chi connectivity index (χ1n) is 9.95. The van der Waals surface area contributed by atoms with Crippen molar-refractivity contribution >= 4 is 17.5 Å². The molecule has 2 aliphatic heterocycles. The molecule has 2 aliphatic rings. The Morgan fingerprint density at radius 1 is 0.964 bits per heavy atom. The van der Waals surface area contributed by atoms with Crippen LogP contribution in [0, 0.1) is 5.92 Å². The first-order chi connectivity index (χ1) is 13.6. The molecule has 4 rings (SSSR count). The van der Waals surface area contributed by atoms with Crippen LogP contribution in [0.3, 0.4) is 0 Å². The summed E-state index contributed by atoms with van der Waals surface area (Å²) in [5.41, 5.74) is 1.49. The molecule has 0 unspecified atom stereocenters. The van der Waals surface area contributed by atoms with Crippen LogP contribution in [-0.2, 0) is 0 Å². The van der Waals surface area contributed by atoms with Crippen LogP contribution >= 0.6 is 0 Å². The molecule has 0 N–H and O–H groups in total. The molecule has 28 heavy (non-hydrogen) atoms. The van der Waals surface area contributed by atoms with Gasteiger partial charge in [-0.1, -0.05) is 6.92 Å². The Hall–Kier alpha value is -2.83. The van der Waals surface area contributed by atoms with E-state index in [4.69, 9.17) is 4.42 Å². The van der Waals surface area contributed by atoms with E-state index < -0.39 is 0 Å². The predicted molar refractivity (Wildman–Crippen MR) is 105 cm³/mol. The molecule has 0 radical (unpaired) electrons. The van der Waals surface area contributed by atoms with Gasteiger partial charge < -0.3 is 19.1 Å². The second-order valence-corrected chi connectivity index (χ2v) is 7.63. The van der Waals surface area contributed by atoms with Gasteiger partial charge in [0.2, 0.25) is 0 Å². The second-order valence-electron chi connectivity index (χ2n) is 7.63. The Morgan fingerprint density at radius 3 is 2.29 bits per heavy atom. The number of piperazine rings is 1. The summed E-state index contributed by atoms with van der Waals surface area (Å²) in [4.78, 5) is 35.3. The minimum Gasteiger partial charge on any atom is -0.459 e. The van der Waals surface area contributed by atoms with E-state index in [0.717, 1.165) is 44.7 Å². The third-order valence-electron chi connectivity index (χ3n) is 5.70. The number of anilines is 1. The highest BCUT2D eigenvalue weighted by Crippen LogP contribution is 2.20. The third-order valence-corrected chi connectivity index (χ3v) is 5.70. The van der Waals surface area contributed by atoms with Gasteiger partial charge in [-0.15, -0.1) is 0 Å². The van der Waals surface area contributed by atoms with Gasteiger partial charge in [0.25, 0.3) is 11.8 Å². The van der Waals surface area contributed by atoms with Gasteiger partial charge in [-0.3, -0.25) is 9.59 Å². The average Bonchev–Trinajstić information content (AvgIpc) is 3.28. The maximum absolute atomic E-state index is 12.6. The summed E-state index contributed by atoms with van der Waals surface area (Å²) in [5.74, 6) is 1.02. The lowest BCUT2D eigenvalue weighted by Crippen LogP contribution is -2.48. The number of rotatable bonds is 3. The maximum Gasteiger partial charge on any atom is 0.289 e.